The molecule has 2 fully saturated rings. The number of benzene rings is 1. The molecule has 1 atom stereocenters. The van der Waals surface area contributed by atoms with Crippen LogP contribution in [0.1, 0.15) is 36.0 Å². The molecule has 1 heterocycles. The van der Waals surface area contributed by atoms with E-state index in [9.17, 15) is 14.0 Å². The monoisotopic (exact) mass is 354 g/mol. The number of likely N-dealkylation sites (tertiary alicyclic amines) is 1. The molecule has 1 saturated heterocycles. The molecule has 5 nitrogen and oxygen atoms in total. The van der Waals surface area contributed by atoms with Crippen molar-refractivity contribution in [2.75, 3.05) is 19.7 Å². The first-order valence-corrected chi connectivity index (χ1v) is 8.43. The second-order valence-electron chi connectivity index (χ2n) is 6.58. The summed E-state index contributed by atoms with van der Waals surface area (Å²) in [5, 5.41) is 0.257. The van der Waals surface area contributed by atoms with Crippen molar-refractivity contribution < 1.29 is 18.7 Å². The highest BCUT2D eigenvalue weighted by Crippen LogP contribution is 2.50. The molecule has 1 aliphatic heterocycles. The van der Waals surface area contributed by atoms with E-state index in [0.717, 1.165) is 25.7 Å². The number of rotatable bonds is 4. The fourth-order valence-electron chi connectivity index (χ4n) is 3.67. The number of carbonyl (C=O) groups is 2. The Balaban J connectivity index is 1.62. The van der Waals surface area contributed by atoms with Crippen LogP contribution in [0.5, 0.6) is 0 Å². The number of halogens is 2. The zero-order valence-corrected chi connectivity index (χ0v) is 14.0. The lowest BCUT2D eigenvalue weighted by Crippen LogP contribution is -2.54. The van der Waals surface area contributed by atoms with Crippen LogP contribution < -0.4 is 5.73 Å². The summed E-state index contributed by atoms with van der Waals surface area (Å²) in [6.45, 7) is 1.08. The van der Waals surface area contributed by atoms with Gasteiger partial charge in [-0.25, -0.2) is 4.39 Å². The van der Waals surface area contributed by atoms with Gasteiger partial charge in [-0.3, -0.25) is 9.59 Å². The molecular weight excluding hydrogens is 335 g/mol. The summed E-state index contributed by atoms with van der Waals surface area (Å²) in [6, 6.07) is 3.81. The maximum Gasteiger partial charge on any atom is 0.255 e. The number of primary amides is 1. The lowest BCUT2D eigenvalue weighted by molar-refractivity contribution is -0.148. The second-order valence-corrected chi connectivity index (χ2v) is 6.99. The molecule has 1 aliphatic carbocycles. The molecule has 24 heavy (non-hydrogen) atoms. The number of amides is 2. The molecule has 1 saturated carbocycles. The smallest absolute Gasteiger partial charge is 0.255 e. The van der Waals surface area contributed by atoms with Crippen LogP contribution in [0.4, 0.5) is 4.39 Å². The van der Waals surface area contributed by atoms with E-state index >= 15 is 0 Å². The molecule has 1 aromatic carbocycles. The molecular formula is C17H20ClFN2O3. The van der Waals surface area contributed by atoms with E-state index in [4.69, 9.17) is 22.1 Å². The normalized spacial score (nSPS) is 22.2. The van der Waals surface area contributed by atoms with Gasteiger partial charge in [0.2, 0.25) is 5.91 Å². The van der Waals surface area contributed by atoms with E-state index in [1.54, 1.807) is 4.90 Å². The van der Waals surface area contributed by atoms with Gasteiger partial charge < -0.3 is 15.4 Å². The molecule has 2 amide bonds. The molecule has 7 heteroatoms. The summed E-state index contributed by atoms with van der Waals surface area (Å²) in [5.41, 5.74) is 5.35. The first kappa shape index (κ1) is 17.2. The van der Waals surface area contributed by atoms with Crippen LogP contribution in [-0.2, 0) is 9.53 Å². The van der Waals surface area contributed by atoms with Gasteiger partial charge in [0, 0.05) is 18.5 Å². The Kier molecular flexibility index (Phi) is 4.78. The predicted molar refractivity (Wildman–Crippen MR) is 87.1 cm³/mol. The van der Waals surface area contributed by atoms with E-state index in [2.05, 4.69) is 0 Å². The van der Waals surface area contributed by atoms with Gasteiger partial charge in [0.05, 0.1) is 16.7 Å². The van der Waals surface area contributed by atoms with Gasteiger partial charge >= 0.3 is 0 Å². The molecule has 0 radical (unpaired) electrons. The minimum absolute atomic E-state index is 0.0258. The van der Waals surface area contributed by atoms with Crippen LogP contribution in [0.25, 0.3) is 0 Å². The van der Waals surface area contributed by atoms with Gasteiger partial charge in [-0.1, -0.05) is 11.6 Å². The van der Waals surface area contributed by atoms with Gasteiger partial charge in [-0.05, 0) is 43.9 Å². The summed E-state index contributed by atoms with van der Waals surface area (Å²) in [6.07, 6.45) is 3.57. The van der Waals surface area contributed by atoms with E-state index in [0.29, 0.717) is 13.1 Å². The van der Waals surface area contributed by atoms with E-state index in [-0.39, 0.29) is 34.6 Å². The van der Waals surface area contributed by atoms with Crippen LogP contribution >= 0.6 is 11.6 Å². The number of nitrogens with two attached hydrogens (primary N) is 1. The SMILES string of the molecule is NC(=O)COC1CCC12CCN(C(=O)c1cc(F)ccc1Cl)CC2. The predicted octanol–water partition coefficient (Wildman–Crippen LogP) is 2.37. The summed E-state index contributed by atoms with van der Waals surface area (Å²) in [5.74, 6) is -1.19. The van der Waals surface area contributed by atoms with E-state index in [1.807, 2.05) is 0 Å². The molecule has 0 bridgehead atoms. The zero-order valence-electron chi connectivity index (χ0n) is 13.3. The van der Waals surface area contributed by atoms with Crippen molar-refractivity contribution in [3.05, 3.63) is 34.6 Å². The van der Waals surface area contributed by atoms with Gasteiger partial charge in [-0.2, -0.15) is 0 Å². The van der Waals surface area contributed by atoms with Crippen molar-refractivity contribution >= 4 is 23.4 Å². The van der Waals surface area contributed by atoms with Crippen LogP contribution in [0.2, 0.25) is 5.02 Å². The van der Waals surface area contributed by atoms with Gasteiger partial charge in [0.15, 0.2) is 0 Å². The highest BCUT2D eigenvalue weighted by atomic mass is 35.5. The second kappa shape index (κ2) is 6.69. The number of ether oxygens (including phenoxy) is 1. The number of piperidine rings is 1. The van der Waals surface area contributed by atoms with Gasteiger partial charge in [0.25, 0.3) is 5.91 Å². The molecule has 1 unspecified atom stereocenters. The Bertz CT molecular complexity index is 659. The number of hydrogen-bond donors (Lipinski definition) is 1. The van der Waals surface area contributed by atoms with Gasteiger partial charge in [0.1, 0.15) is 12.4 Å². The standard InChI is InChI=1S/C17H20ClFN2O3/c18-13-2-1-11(19)9-12(13)16(23)21-7-5-17(6-8-21)4-3-14(17)24-10-15(20)22/h1-2,9,14H,3-8,10H2,(H2,20,22). The first-order chi connectivity index (χ1) is 11.4. The van der Waals surface area contributed by atoms with Crippen molar-refractivity contribution in [1.29, 1.82) is 0 Å². The summed E-state index contributed by atoms with van der Waals surface area (Å²) >= 11 is 6.02. The van der Waals surface area contributed by atoms with Crippen LogP contribution in [0, 0.1) is 11.2 Å². The maximum atomic E-state index is 13.4. The fourth-order valence-corrected chi connectivity index (χ4v) is 3.87. The third kappa shape index (κ3) is 3.26. The third-order valence-corrected chi connectivity index (χ3v) is 5.55. The summed E-state index contributed by atoms with van der Waals surface area (Å²) in [7, 11) is 0. The fraction of sp³-hybridized carbons (Fsp3) is 0.529. The summed E-state index contributed by atoms with van der Waals surface area (Å²) in [4.78, 5) is 25.1. The Morgan fingerprint density at radius 2 is 2.04 bits per heavy atom. The van der Waals surface area contributed by atoms with Crippen LogP contribution in [0.3, 0.4) is 0 Å². The number of nitrogens with zero attached hydrogens (tertiary/aromatic N) is 1. The topological polar surface area (TPSA) is 72.6 Å². The molecule has 0 aromatic heterocycles. The van der Waals surface area contributed by atoms with E-state index < -0.39 is 11.7 Å². The summed E-state index contributed by atoms with van der Waals surface area (Å²) < 4.78 is 19.0. The van der Waals surface area contributed by atoms with Crippen molar-refractivity contribution in [3.8, 4) is 0 Å². The average molecular weight is 355 g/mol. The molecule has 1 aromatic rings. The lowest BCUT2D eigenvalue weighted by atomic mass is 9.60. The molecule has 3 rings (SSSR count). The highest BCUT2D eigenvalue weighted by Gasteiger charge is 2.49. The first-order valence-electron chi connectivity index (χ1n) is 8.05. The lowest BCUT2D eigenvalue weighted by Gasteiger charge is -2.53. The molecule has 2 N–H and O–H groups in total. The van der Waals surface area contributed by atoms with Gasteiger partial charge in [-0.15, -0.1) is 0 Å². The Labute approximate surface area is 144 Å². The van der Waals surface area contributed by atoms with E-state index in [1.165, 1.54) is 18.2 Å². The minimum atomic E-state index is -0.477. The van der Waals surface area contributed by atoms with Crippen LogP contribution in [0.15, 0.2) is 18.2 Å². The third-order valence-electron chi connectivity index (χ3n) is 5.22. The molecule has 2 aliphatic rings. The maximum absolute atomic E-state index is 13.4. The Hall–Kier alpha value is -1.66. The van der Waals surface area contributed by atoms with Crippen molar-refractivity contribution in [2.24, 2.45) is 11.1 Å². The quantitative estimate of drug-likeness (QED) is 0.902. The molecule has 1 spiro atoms. The highest BCUT2D eigenvalue weighted by molar-refractivity contribution is 6.33. The van der Waals surface area contributed by atoms with Crippen molar-refractivity contribution in [3.63, 3.8) is 0 Å². The number of carbonyl (C=O) groups excluding carboxylic acids is 2. The average Bonchev–Trinajstić information content (AvgIpc) is 2.55. The zero-order chi connectivity index (χ0) is 17.3. The minimum Gasteiger partial charge on any atom is -0.368 e. The largest absolute Gasteiger partial charge is 0.368 e. The Morgan fingerprint density at radius 1 is 1.33 bits per heavy atom. The van der Waals surface area contributed by atoms with Crippen LogP contribution in [-0.4, -0.2) is 42.5 Å². The van der Waals surface area contributed by atoms with Crippen molar-refractivity contribution in [1.82, 2.24) is 4.90 Å². The number of hydrogen-bond acceptors (Lipinski definition) is 3. The molecule has 130 valence electrons. The Morgan fingerprint density at radius 3 is 2.62 bits per heavy atom. The van der Waals surface area contributed by atoms with Crippen molar-refractivity contribution in [2.45, 2.75) is 31.8 Å².